The summed E-state index contributed by atoms with van der Waals surface area (Å²) in [7, 11) is 0. The largest absolute Gasteiger partial charge is 0.464 e. The number of carbonyl (C=O) groups excluding carboxylic acids is 2. The smallest absolute Gasteiger partial charge is 0.333 e. The van der Waals surface area contributed by atoms with Gasteiger partial charge in [-0.3, -0.25) is 9.48 Å². The molecule has 0 radical (unpaired) electrons. The molecule has 1 atom stereocenters. The molecule has 0 saturated carbocycles. The second-order valence-electron chi connectivity index (χ2n) is 6.48. The first-order valence-corrected chi connectivity index (χ1v) is 8.07. The number of ether oxygens (including phenoxy) is 1. The van der Waals surface area contributed by atoms with Gasteiger partial charge in [0.25, 0.3) is 0 Å². The SMILES string of the molecule is CCOC(=O)C(C)(C)n1cc(NC(=O)C(C)(N)c2ccccc2)cn1.Cl. The Bertz CT molecular complexity index is 757. The van der Waals surface area contributed by atoms with E-state index in [4.69, 9.17) is 10.5 Å². The third kappa shape index (κ3) is 4.42. The van der Waals surface area contributed by atoms with Crippen LogP contribution in [0.2, 0.25) is 0 Å². The van der Waals surface area contributed by atoms with Gasteiger partial charge in [0.2, 0.25) is 5.91 Å². The zero-order chi connectivity index (χ0) is 18.7. The number of anilines is 1. The second-order valence-corrected chi connectivity index (χ2v) is 6.48. The molecule has 2 rings (SSSR count). The fraction of sp³-hybridized carbons (Fsp3) is 0.389. The van der Waals surface area contributed by atoms with Crippen LogP contribution in [0.15, 0.2) is 42.7 Å². The molecule has 0 aliphatic heterocycles. The molecular formula is C18H25ClN4O3. The normalized spacial score (nSPS) is 13.3. The molecule has 0 bridgehead atoms. The van der Waals surface area contributed by atoms with Gasteiger partial charge in [-0.15, -0.1) is 12.4 Å². The average molecular weight is 381 g/mol. The summed E-state index contributed by atoms with van der Waals surface area (Å²) in [6, 6.07) is 9.11. The number of rotatable bonds is 6. The van der Waals surface area contributed by atoms with Crippen molar-refractivity contribution in [2.75, 3.05) is 11.9 Å². The predicted octanol–water partition coefficient (Wildman–Crippen LogP) is 2.42. The molecule has 2 aromatic rings. The summed E-state index contributed by atoms with van der Waals surface area (Å²) < 4.78 is 6.51. The quantitative estimate of drug-likeness (QED) is 0.750. The van der Waals surface area contributed by atoms with Gasteiger partial charge in [0.15, 0.2) is 5.54 Å². The molecule has 0 aliphatic carbocycles. The van der Waals surface area contributed by atoms with Crippen molar-refractivity contribution >= 4 is 30.0 Å². The van der Waals surface area contributed by atoms with E-state index < -0.39 is 17.0 Å². The average Bonchev–Trinajstić information content (AvgIpc) is 3.05. The lowest BCUT2D eigenvalue weighted by molar-refractivity contribution is -0.152. The molecule has 1 amide bonds. The van der Waals surface area contributed by atoms with E-state index in [1.54, 1.807) is 46.0 Å². The molecule has 8 heteroatoms. The molecule has 1 aromatic heterocycles. The van der Waals surface area contributed by atoms with Crippen LogP contribution in [-0.4, -0.2) is 28.3 Å². The van der Waals surface area contributed by atoms with Crippen LogP contribution in [0.1, 0.15) is 33.3 Å². The number of esters is 1. The highest BCUT2D eigenvalue weighted by Gasteiger charge is 2.34. The number of benzene rings is 1. The number of nitrogens with zero attached hydrogens (tertiary/aromatic N) is 2. The van der Waals surface area contributed by atoms with Crippen molar-refractivity contribution in [3.63, 3.8) is 0 Å². The van der Waals surface area contributed by atoms with E-state index in [1.807, 2.05) is 18.2 Å². The van der Waals surface area contributed by atoms with Crippen LogP contribution in [0.5, 0.6) is 0 Å². The van der Waals surface area contributed by atoms with Crippen LogP contribution in [0.4, 0.5) is 5.69 Å². The van der Waals surface area contributed by atoms with Crippen LogP contribution in [-0.2, 0) is 25.4 Å². The van der Waals surface area contributed by atoms with Crippen LogP contribution in [0.3, 0.4) is 0 Å². The lowest BCUT2D eigenvalue weighted by Crippen LogP contribution is -2.45. The highest BCUT2D eigenvalue weighted by atomic mass is 35.5. The molecule has 0 spiro atoms. The number of nitrogens with one attached hydrogen (secondary N) is 1. The molecule has 3 N–H and O–H groups in total. The Labute approximate surface area is 159 Å². The fourth-order valence-electron chi connectivity index (χ4n) is 2.27. The van der Waals surface area contributed by atoms with E-state index in [0.717, 1.165) is 0 Å². The molecular weight excluding hydrogens is 356 g/mol. The third-order valence-electron chi connectivity index (χ3n) is 4.03. The highest BCUT2D eigenvalue weighted by molar-refractivity contribution is 5.98. The number of nitrogens with two attached hydrogens (primary N) is 1. The summed E-state index contributed by atoms with van der Waals surface area (Å²) in [5.41, 5.74) is 5.17. The Hall–Kier alpha value is -2.38. The van der Waals surface area contributed by atoms with E-state index in [0.29, 0.717) is 11.3 Å². The first kappa shape index (κ1) is 21.7. The molecule has 0 saturated heterocycles. The van der Waals surface area contributed by atoms with E-state index in [9.17, 15) is 9.59 Å². The Morgan fingerprint density at radius 1 is 1.23 bits per heavy atom. The topological polar surface area (TPSA) is 99.2 Å². The summed E-state index contributed by atoms with van der Waals surface area (Å²) in [4.78, 5) is 24.6. The van der Waals surface area contributed by atoms with Gasteiger partial charge in [0.05, 0.1) is 18.5 Å². The van der Waals surface area contributed by atoms with Crippen LogP contribution in [0.25, 0.3) is 0 Å². The van der Waals surface area contributed by atoms with Crippen LogP contribution in [0, 0.1) is 0 Å². The lowest BCUT2D eigenvalue weighted by atomic mass is 9.92. The summed E-state index contributed by atoms with van der Waals surface area (Å²) in [6.45, 7) is 7.07. The minimum Gasteiger partial charge on any atom is -0.464 e. The van der Waals surface area contributed by atoms with Crippen molar-refractivity contribution in [3.8, 4) is 0 Å². The summed E-state index contributed by atoms with van der Waals surface area (Å²) in [6.07, 6.45) is 3.05. The van der Waals surface area contributed by atoms with Gasteiger partial charge in [-0.2, -0.15) is 5.10 Å². The molecule has 1 aromatic carbocycles. The van der Waals surface area contributed by atoms with Gasteiger partial charge in [-0.05, 0) is 33.3 Å². The molecule has 0 fully saturated rings. The summed E-state index contributed by atoms with van der Waals surface area (Å²) >= 11 is 0. The number of hydrogen-bond acceptors (Lipinski definition) is 5. The van der Waals surface area contributed by atoms with Crippen molar-refractivity contribution in [1.82, 2.24) is 9.78 Å². The van der Waals surface area contributed by atoms with Crippen molar-refractivity contribution < 1.29 is 14.3 Å². The number of hydrogen-bond donors (Lipinski definition) is 2. The van der Waals surface area contributed by atoms with Gasteiger partial charge in [0, 0.05) is 6.20 Å². The van der Waals surface area contributed by atoms with Crippen LogP contribution >= 0.6 is 12.4 Å². The number of halogens is 1. The molecule has 1 heterocycles. The Morgan fingerprint density at radius 3 is 2.42 bits per heavy atom. The van der Waals surface area contributed by atoms with Crippen molar-refractivity contribution in [2.45, 2.75) is 38.8 Å². The molecule has 0 aliphatic rings. The maximum atomic E-state index is 12.6. The summed E-state index contributed by atoms with van der Waals surface area (Å²) in [5.74, 6) is -0.767. The molecule has 1 unspecified atom stereocenters. The Kier molecular flexibility index (Phi) is 6.94. The predicted molar refractivity (Wildman–Crippen MR) is 102 cm³/mol. The first-order chi connectivity index (χ1) is 11.7. The van der Waals surface area contributed by atoms with Crippen LogP contribution < -0.4 is 11.1 Å². The zero-order valence-corrected chi connectivity index (χ0v) is 16.2. The number of aromatic nitrogens is 2. The van der Waals surface area contributed by atoms with Crippen molar-refractivity contribution in [2.24, 2.45) is 5.73 Å². The monoisotopic (exact) mass is 380 g/mol. The van der Waals surface area contributed by atoms with Crippen molar-refractivity contribution in [3.05, 3.63) is 48.3 Å². The van der Waals surface area contributed by atoms with Gasteiger partial charge in [0.1, 0.15) is 5.54 Å². The number of amides is 1. The fourth-order valence-corrected chi connectivity index (χ4v) is 2.27. The van der Waals surface area contributed by atoms with E-state index in [2.05, 4.69) is 10.4 Å². The third-order valence-corrected chi connectivity index (χ3v) is 4.03. The standard InChI is InChI=1S/C18H24N4O3.ClH/c1-5-25-16(24)17(2,3)22-12-14(11-20-22)21-15(23)18(4,19)13-9-7-6-8-10-13;/h6-12H,5,19H2,1-4H3,(H,21,23);1H. The lowest BCUT2D eigenvalue weighted by Gasteiger charge is -2.24. The van der Waals surface area contributed by atoms with Gasteiger partial charge in [-0.25, -0.2) is 4.79 Å². The maximum Gasteiger partial charge on any atom is 0.333 e. The summed E-state index contributed by atoms with van der Waals surface area (Å²) in [5, 5.41) is 6.90. The molecule has 142 valence electrons. The Morgan fingerprint density at radius 2 is 1.85 bits per heavy atom. The maximum absolute atomic E-state index is 12.6. The second kappa shape index (κ2) is 8.33. The van der Waals surface area contributed by atoms with Gasteiger partial charge < -0.3 is 15.8 Å². The Balaban J connectivity index is 0.00000338. The number of carbonyl (C=O) groups is 2. The minimum absolute atomic E-state index is 0. The van der Waals surface area contributed by atoms with E-state index >= 15 is 0 Å². The van der Waals surface area contributed by atoms with E-state index in [-0.39, 0.29) is 24.9 Å². The van der Waals surface area contributed by atoms with Gasteiger partial charge >= 0.3 is 5.97 Å². The highest BCUT2D eigenvalue weighted by Crippen LogP contribution is 2.22. The first-order valence-electron chi connectivity index (χ1n) is 8.07. The van der Waals surface area contributed by atoms with E-state index in [1.165, 1.54) is 10.9 Å². The van der Waals surface area contributed by atoms with Crippen molar-refractivity contribution in [1.29, 1.82) is 0 Å². The minimum atomic E-state index is -1.19. The molecule has 7 nitrogen and oxygen atoms in total. The van der Waals surface area contributed by atoms with Gasteiger partial charge in [-0.1, -0.05) is 30.3 Å². The zero-order valence-electron chi connectivity index (χ0n) is 15.4. The molecule has 26 heavy (non-hydrogen) atoms.